The van der Waals surface area contributed by atoms with E-state index in [0.717, 1.165) is 25.3 Å². The molecule has 1 rings (SSSR count). The standard InChI is InChI=1S/C7H11NO2/c1-2-9-5-3-7-4-6-10-8-7/h4,6H,2-3,5H2,1H3. The van der Waals surface area contributed by atoms with E-state index in [2.05, 4.69) is 9.68 Å². The maximum atomic E-state index is 5.13. The van der Waals surface area contributed by atoms with Gasteiger partial charge < -0.3 is 9.26 Å². The first kappa shape index (κ1) is 7.28. The van der Waals surface area contributed by atoms with Crippen LogP contribution >= 0.6 is 0 Å². The highest BCUT2D eigenvalue weighted by Gasteiger charge is 1.93. The summed E-state index contributed by atoms with van der Waals surface area (Å²) in [5, 5.41) is 3.73. The zero-order valence-corrected chi connectivity index (χ0v) is 6.04. The van der Waals surface area contributed by atoms with E-state index in [1.165, 1.54) is 0 Å². The number of rotatable bonds is 4. The van der Waals surface area contributed by atoms with Gasteiger partial charge in [-0.25, -0.2) is 0 Å². The van der Waals surface area contributed by atoms with E-state index < -0.39 is 0 Å². The maximum Gasteiger partial charge on any atom is 0.124 e. The van der Waals surface area contributed by atoms with E-state index in [-0.39, 0.29) is 0 Å². The van der Waals surface area contributed by atoms with Crippen LogP contribution in [0.5, 0.6) is 0 Å². The fourth-order valence-electron chi connectivity index (χ4n) is 0.688. The highest BCUT2D eigenvalue weighted by atomic mass is 16.5. The molecule has 1 aromatic heterocycles. The second-order valence-corrected chi connectivity index (χ2v) is 1.94. The quantitative estimate of drug-likeness (QED) is 0.592. The topological polar surface area (TPSA) is 35.3 Å². The molecule has 0 aliphatic carbocycles. The smallest absolute Gasteiger partial charge is 0.124 e. The number of hydrogen-bond donors (Lipinski definition) is 0. The molecule has 1 heterocycles. The summed E-state index contributed by atoms with van der Waals surface area (Å²) in [6.07, 6.45) is 2.41. The van der Waals surface area contributed by atoms with Crippen LogP contribution in [-0.4, -0.2) is 18.4 Å². The van der Waals surface area contributed by atoms with E-state index in [4.69, 9.17) is 4.74 Å². The highest BCUT2D eigenvalue weighted by molar-refractivity contribution is 4.94. The van der Waals surface area contributed by atoms with Crippen molar-refractivity contribution in [3.8, 4) is 0 Å². The number of nitrogens with zero attached hydrogens (tertiary/aromatic N) is 1. The van der Waals surface area contributed by atoms with E-state index >= 15 is 0 Å². The Labute approximate surface area is 60.0 Å². The predicted octanol–water partition coefficient (Wildman–Crippen LogP) is 1.25. The summed E-state index contributed by atoms with van der Waals surface area (Å²) in [6.45, 7) is 3.46. The molecule has 0 N–H and O–H groups in total. The largest absolute Gasteiger partial charge is 0.381 e. The van der Waals surface area contributed by atoms with Gasteiger partial charge in [-0.3, -0.25) is 0 Å². The van der Waals surface area contributed by atoms with Crippen LogP contribution < -0.4 is 0 Å². The zero-order chi connectivity index (χ0) is 7.23. The Bertz CT molecular complexity index is 160. The lowest BCUT2D eigenvalue weighted by molar-refractivity contribution is 0.149. The fraction of sp³-hybridized carbons (Fsp3) is 0.571. The Balaban J connectivity index is 2.15. The van der Waals surface area contributed by atoms with Crippen molar-refractivity contribution in [3.63, 3.8) is 0 Å². The van der Waals surface area contributed by atoms with E-state index in [1.807, 2.05) is 13.0 Å². The van der Waals surface area contributed by atoms with Crippen LogP contribution in [-0.2, 0) is 11.2 Å². The predicted molar refractivity (Wildman–Crippen MR) is 36.7 cm³/mol. The second kappa shape index (κ2) is 4.06. The first-order valence-electron chi connectivity index (χ1n) is 3.40. The lowest BCUT2D eigenvalue weighted by atomic mass is 10.3. The number of ether oxygens (including phenoxy) is 1. The van der Waals surface area contributed by atoms with Gasteiger partial charge in [-0.05, 0) is 6.92 Å². The first-order valence-corrected chi connectivity index (χ1v) is 3.40. The van der Waals surface area contributed by atoms with Gasteiger partial charge in [0.1, 0.15) is 6.26 Å². The number of aromatic nitrogens is 1. The van der Waals surface area contributed by atoms with E-state index in [0.29, 0.717) is 0 Å². The van der Waals surface area contributed by atoms with Crippen molar-refractivity contribution in [3.05, 3.63) is 18.0 Å². The van der Waals surface area contributed by atoms with Crippen molar-refractivity contribution < 1.29 is 9.26 Å². The fourth-order valence-corrected chi connectivity index (χ4v) is 0.688. The molecule has 0 spiro atoms. The summed E-state index contributed by atoms with van der Waals surface area (Å²) in [7, 11) is 0. The molecular weight excluding hydrogens is 130 g/mol. The average Bonchev–Trinajstić information content (AvgIpc) is 2.41. The molecule has 0 bridgehead atoms. The van der Waals surface area contributed by atoms with Gasteiger partial charge in [0, 0.05) is 19.1 Å². The maximum absolute atomic E-state index is 5.13. The third kappa shape index (κ3) is 2.19. The number of hydrogen-bond acceptors (Lipinski definition) is 3. The van der Waals surface area contributed by atoms with Crippen molar-refractivity contribution in [2.75, 3.05) is 13.2 Å². The minimum Gasteiger partial charge on any atom is -0.381 e. The van der Waals surface area contributed by atoms with Crippen molar-refractivity contribution >= 4 is 0 Å². The monoisotopic (exact) mass is 141 g/mol. The normalized spacial score (nSPS) is 10.1. The van der Waals surface area contributed by atoms with Gasteiger partial charge in [-0.1, -0.05) is 5.16 Å². The molecule has 56 valence electrons. The van der Waals surface area contributed by atoms with E-state index in [1.54, 1.807) is 6.26 Å². The van der Waals surface area contributed by atoms with Crippen LogP contribution in [0, 0.1) is 0 Å². The van der Waals surface area contributed by atoms with Gasteiger partial charge in [-0.15, -0.1) is 0 Å². The van der Waals surface area contributed by atoms with Crippen LogP contribution in [0.3, 0.4) is 0 Å². The van der Waals surface area contributed by atoms with Gasteiger partial charge in [0.15, 0.2) is 0 Å². The Morgan fingerprint density at radius 1 is 1.70 bits per heavy atom. The zero-order valence-electron chi connectivity index (χ0n) is 6.04. The summed E-state index contributed by atoms with van der Waals surface area (Å²) in [5.41, 5.74) is 0.952. The van der Waals surface area contributed by atoms with Crippen molar-refractivity contribution in [1.82, 2.24) is 5.16 Å². The molecule has 0 radical (unpaired) electrons. The van der Waals surface area contributed by atoms with Gasteiger partial charge >= 0.3 is 0 Å². The van der Waals surface area contributed by atoms with Crippen molar-refractivity contribution in [2.24, 2.45) is 0 Å². The third-order valence-electron chi connectivity index (χ3n) is 1.20. The van der Waals surface area contributed by atoms with Crippen LogP contribution in [0.4, 0.5) is 0 Å². The molecule has 3 nitrogen and oxygen atoms in total. The molecule has 0 saturated heterocycles. The molecule has 0 fully saturated rings. The molecular formula is C7H11NO2. The van der Waals surface area contributed by atoms with Gasteiger partial charge in [0.2, 0.25) is 0 Å². The minimum atomic E-state index is 0.725. The van der Waals surface area contributed by atoms with Crippen LogP contribution in [0.25, 0.3) is 0 Å². The lowest BCUT2D eigenvalue weighted by Gasteiger charge is -1.95. The molecule has 3 heteroatoms. The van der Waals surface area contributed by atoms with Crippen LogP contribution in [0.15, 0.2) is 16.9 Å². The second-order valence-electron chi connectivity index (χ2n) is 1.94. The Hall–Kier alpha value is -0.830. The lowest BCUT2D eigenvalue weighted by Crippen LogP contribution is -1.97. The molecule has 0 aliphatic rings. The molecule has 0 aromatic carbocycles. The Morgan fingerprint density at radius 3 is 3.20 bits per heavy atom. The Kier molecular flexibility index (Phi) is 2.96. The summed E-state index contributed by atoms with van der Waals surface area (Å²) < 4.78 is 9.76. The van der Waals surface area contributed by atoms with Crippen molar-refractivity contribution in [2.45, 2.75) is 13.3 Å². The molecule has 0 amide bonds. The molecule has 10 heavy (non-hydrogen) atoms. The highest BCUT2D eigenvalue weighted by Crippen LogP contribution is 1.94. The SMILES string of the molecule is CCOCCc1ccon1. The van der Waals surface area contributed by atoms with Gasteiger partial charge in [0.05, 0.1) is 12.3 Å². The molecule has 0 atom stereocenters. The molecule has 1 aromatic rings. The van der Waals surface area contributed by atoms with Crippen LogP contribution in [0.1, 0.15) is 12.6 Å². The minimum absolute atomic E-state index is 0.725. The first-order chi connectivity index (χ1) is 4.93. The molecule has 0 aliphatic heterocycles. The Morgan fingerprint density at radius 2 is 2.60 bits per heavy atom. The third-order valence-corrected chi connectivity index (χ3v) is 1.20. The molecule has 0 saturated carbocycles. The summed E-state index contributed by atoms with van der Waals surface area (Å²) in [5.74, 6) is 0. The van der Waals surface area contributed by atoms with Gasteiger partial charge in [-0.2, -0.15) is 0 Å². The summed E-state index contributed by atoms with van der Waals surface area (Å²) >= 11 is 0. The van der Waals surface area contributed by atoms with Gasteiger partial charge in [0.25, 0.3) is 0 Å². The average molecular weight is 141 g/mol. The molecule has 0 unspecified atom stereocenters. The van der Waals surface area contributed by atoms with E-state index in [9.17, 15) is 0 Å². The van der Waals surface area contributed by atoms with Crippen LogP contribution in [0.2, 0.25) is 0 Å². The summed E-state index contributed by atoms with van der Waals surface area (Å²) in [6, 6.07) is 1.85. The van der Waals surface area contributed by atoms with Crippen molar-refractivity contribution in [1.29, 1.82) is 0 Å². The summed E-state index contributed by atoms with van der Waals surface area (Å²) in [4.78, 5) is 0.